The quantitative estimate of drug-likeness (QED) is 0.706. The van der Waals surface area contributed by atoms with Gasteiger partial charge in [-0.1, -0.05) is 6.07 Å². The first-order chi connectivity index (χ1) is 13.0. The van der Waals surface area contributed by atoms with Crippen LogP contribution in [0.25, 0.3) is 5.52 Å². The van der Waals surface area contributed by atoms with E-state index in [0.29, 0.717) is 0 Å². The summed E-state index contributed by atoms with van der Waals surface area (Å²) in [6, 6.07) is 14.7. The van der Waals surface area contributed by atoms with Crippen LogP contribution >= 0.6 is 0 Å². The zero-order valence-electron chi connectivity index (χ0n) is 16.6. The van der Waals surface area contributed by atoms with Crippen molar-refractivity contribution in [3.8, 4) is 5.75 Å². The van der Waals surface area contributed by atoms with Crippen LogP contribution in [0.4, 0.5) is 5.69 Å². The third kappa shape index (κ3) is 3.39. The Balaban J connectivity index is 1.51. The highest BCUT2D eigenvalue weighted by Crippen LogP contribution is 2.30. The van der Waals surface area contributed by atoms with Crippen LogP contribution in [0.1, 0.15) is 25.4 Å². The Labute approximate surface area is 161 Å². The Morgan fingerprint density at radius 3 is 2.56 bits per heavy atom. The second kappa shape index (κ2) is 6.89. The Morgan fingerprint density at radius 2 is 1.85 bits per heavy atom. The van der Waals surface area contributed by atoms with Crippen molar-refractivity contribution in [2.45, 2.75) is 32.9 Å². The minimum Gasteiger partial charge on any atom is -0.497 e. The minimum absolute atomic E-state index is 0.0530. The summed E-state index contributed by atoms with van der Waals surface area (Å²) in [4.78, 5) is 9.84. The molecule has 1 aliphatic heterocycles. The number of aryl methyl sites for hydroxylation is 1. The molecule has 1 fully saturated rings. The van der Waals surface area contributed by atoms with E-state index in [1.54, 1.807) is 7.11 Å². The summed E-state index contributed by atoms with van der Waals surface area (Å²) in [6.07, 6.45) is 2.09. The van der Waals surface area contributed by atoms with Gasteiger partial charge in [0.2, 0.25) is 0 Å². The molecule has 0 atom stereocenters. The van der Waals surface area contributed by atoms with E-state index in [9.17, 15) is 0 Å². The number of anilines is 1. The average Bonchev–Trinajstić information content (AvgIpc) is 2.97. The standard InChI is InChI=1S/C22H28N4O/c1-17-23-20(21-7-5-6-12-25(17)21)15-24-13-14-26(22(2,3)16-24)18-8-10-19(27-4)11-9-18/h5-12H,13-16H2,1-4H3. The molecule has 2 aromatic heterocycles. The fraction of sp³-hybridized carbons (Fsp3) is 0.409. The van der Waals surface area contributed by atoms with Gasteiger partial charge in [-0.2, -0.15) is 0 Å². The lowest BCUT2D eigenvalue weighted by Crippen LogP contribution is -2.59. The van der Waals surface area contributed by atoms with Crippen molar-refractivity contribution in [2.75, 3.05) is 31.6 Å². The molecule has 1 saturated heterocycles. The van der Waals surface area contributed by atoms with Crippen LogP contribution in [0, 0.1) is 6.92 Å². The lowest BCUT2D eigenvalue weighted by Gasteiger charge is -2.48. The third-order valence-corrected chi connectivity index (χ3v) is 5.54. The molecule has 0 N–H and O–H groups in total. The summed E-state index contributed by atoms with van der Waals surface area (Å²) in [7, 11) is 1.71. The number of aromatic nitrogens is 2. The lowest BCUT2D eigenvalue weighted by atomic mass is 9.97. The Bertz CT molecular complexity index is 929. The summed E-state index contributed by atoms with van der Waals surface area (Å²) >= 11 is 0. The number of piperazine rings is 1. The lowest BCUT2D eigenvalue weighted by molar-refractivity contribution is 0.175. The maximum atomic E-state index is 5.29. The molecular weight excluding hydrogens is 336 g/mol. The van der Waals surface area contributed by atoms with Crippen LogP contribution in [-0.4, -0.2) is 46.6 Å². The number of hydrogen-bond acceptors (Lipinski definition) is 4. The summed E-state index contributed by atoms with van der Waals surface area (Å²) in [5.41, 5.74) is 3.69. The number of imidazole rings is 1. The van der Waals surface area contributed by atoms with Gasteiger partial charge in [0.1, 0.15) is 11.6 Å². The molecule has 142 valence electrons. The molecule has 4 rings (SSSR count). The van der Waals surface area contributed by atoms with E-state index >= 15 is 0 Å². The van der Waals surface area contributed by atoms with Crippen molar-refractivity contribution in [3.63, 3.8) is 0 Å². The highest BCUT2D eigenvalue weighted by Gasteiger charge is 2.34. The largest absolute Gasteiger partial charge is 0.497 e. The van der Waals surface area contributed by atoms with Gasteiger partial charge in [-0.15, -0.1) is 0 Å². The molecule has 0 unspecified atom stereocenters. The van der Waals surface area contributed by atoms with Gasteiger partial charge in [0.05, 0.1) is 18.3 Å². The van der Waals surface area contributed by atoms with Gasteiger partial charge < -0.3 is 14.0 Å². The predicted octanol–water partition coefficient (Wildman–Crippen LogP) is 3.75. The van der Waals surface area contributed by atoms with Crippen molar-refractivity contribution in [1.29, 1.82) is 0 Å². The molecule has 3 aromatic rings. The van der Waals surface area contributed by atoms with Crippen molar-refractivity contribution in [2.24, 2.45) is 0 Å². The second-order valence-corrected chi connectivity index (χ2v) is 7.93. The fourth-order valence-corrected chi connectivity index (χ4v) is 4.23. The highest BCUT2D eigenvalue weighted by molar-refractivity contribution is 5.54. The zero-order valence-corrected chi connectivity index (χ0v) is 16.6. The second-order valence-electron chi connectivity index (χ2n) is 7.93. The number of pyridine rings is 1. The molecule has 0 amide bonds. The molecule has 5 heteroatoms. The van der Waals surface area contributed by atoms with Crippen molar-refractivity contribution in [1.82, 2.24) is 14.3 Å². The number of hydrogen-bond donors (Lipinski definition) is 0. The third-order valence-electron chi connectivity index (χ3n) is 5.54. The van der Waals surface area contributed by atoms with E-state index in [1.807, 2.05) is 12.1 Å². The summed E-state index contributed by atoms with van der Waals surface area (Å²) < 4.78 is 7.47. The van der Waals surface area contributed by atoms with Crippen molar-refractivity contribution < 1.29 is 4.74 Å². The average molecular weight is 364 g/mol. The molecule has 1 aromatic carbocycles. The maximum Gasteiger partial charge on any atom is 0.119 e. The maximum absolute atomic E-state index is 5.29. The normalized spacial score (nSPS) is 17.4. The monoisotopic (exact) mass is 364 g/mol. The van der Waals surface area contributed by atoms with Crippen LogP contribution < -0.4 is 9.64 Å². The summed E-state index contributed by atoms with van der Waals surface area (Å²) in [6.45, 7) is 10.6. The minimum atomic E-state index is 0.0530. The van der Waals surface area contributed by atoms with Crippen LogP contribution in [0.15, 0.2) is 48.7 Å². The number of rotatable bonds is 4. The zero-order chi connectivity index (χ0) is 19.0. The number of ether oxygens (including phenoxy) is 1. The summed E-state index contributed by atoms with van der Waals surface area (Å²) in [5.74, 6) is 1.95. The van der Waals surface area contributed by atoms with Crippen molar-refractivity contribution in [3.05, 3.63) is 60.2 Å². The van der Waals surface area contributed by atoms with Gasteiger partial charge in [0.25, 0.3) is 0 Å². The van der Waals surface area contributed by atoms with E-state index < -0.39 is 0 Å². The van der Waals surface area contributed by atoms with Gasteiger partial charge in [-0.3, -0.25) is 4.90 Å². The van der Waals surface area contributed by atoms with Crippen LogP contribution in [0.3, 0.4) is 0 Å². The van der Waals surface area contributed by atoms with Gasteiger partial charge in [0.15, 0.2) is 0 Å². The predicted molar refractivity (Wildman–Crippen MR) is 110 cm³/mol. The van der Waals surface area contributed by atoms with Gasteiger partial charge in [-0.25, -0.2) is 4.98 Å². The molecule has 1 aliphatic rings. The summed E-state index contributed by atoms with van der Waals surface area (Å²) in [5, 5.41) is 0. The molecule has 27 heavy (non-hydrogen) atoms. The number of methoxy groups -OCH3 is 1. The number of benzene rings is 1. The topological polar surface area (TPSA) is 33.0 Å². The van der Waals surface area contributed by atoms with E-state index in [0.717, 1.165) is 37.8 Å². The fourth-order valence-electron chi connectivity index (χ4n) is 4.23. The number of nitrogens with zero attached hydrogens (tertiary/aromatic N) is 4. The molecule has 0 aliphatic carbocycles. The smallest absolute Gasteiger partial charge is 0.119 e. The van der Waals surface area contributed by atoms with Gasteiger partial charge in [0, 0.05) is 43.6 Å². The molecule has 5 nitrogen and oxygen atoms in total. The van der Waals surface area contributed by atoms with E-state index in [2.05, 4.69) is 71.5 Å². The van der Waals surface area contributed by atoms with Crippen LogP contribution in [0.2, 0.25) is 0 Å². The van der Waals surface area contributed by atoms with E-state index in [-0.39, 0.29) is 5.54 Å². The first-order valence-corrected chi connectivity index (χ1v) is 9.54. The van der Waals surface area contributed by atoms with Gasteiger partial charge in [-0.05, 0) is 57.2 Å². The first kappa shape index (κ1) is 17.9. The Kier molecular flexibility index (Phi) is 4.56. The Hall–Kier alpha value is -2.53. The Morgan fingerprint density at radius 1 is 1.07 bits per heavy atom. The molecule has 0 saturated carbocycles. The molecule has 3 heterocycles. The SMILES string of the molecule is COc1ccc(N2CCN(Cc3nc(C)n4ccccc34)CC2(C)C)cc1. The molecule has 0 spiro atoms. The molecular formula is C22H28N4O. The van der Waals surface area contributed by atoms with Crippen LogP contribution in [-0.2, 0) is 6.54 Å². The van der Waals surface area contributed by atoms with Crippen LogP contribution in [0.5, 0.6) is 5.75 Å². The molecule has 0 bridgehead atoms. The van der Waals surface area contributed by atoms with E-state index in [1.165, 1.54) is 16.9 Å². The first-order valence-electron chi connectivity index (χ1n) is 9.54. The van der Waals surface area contributed by atoms with Crippen molar-refractivity contribution >= 4 is 11.2 Å². The van der Waals surface area contributed by atoms with Gasteiger partial charge >= 0.3 is 0 Å². The molecule has 0 radical (unpaired) electrons. The van der Waals surface area contributed by atoms with E-state index in [4.69, 9.17) is 9.72 Å². The number of fused-ring (bicyclic) bond motifs is 1. The highest BCUT2D eigenvalue weighted by atomic mass is 16.5.